The van der Waals surface area contributed by atoms with E-state index in [1.165, 1.54) is 0 Å². The van der Waals surface area contributed by atoms with Crippen LogP contribution in [0.3, 0.4) is 0 Å². The maximum atomic E-state index is 6.24. The van der Waals surface area contributed by atoms with Gasteiger partial charge in [-0.1, -0.05) is 11.6 Å². The second kappa shape index (κ2) is 5.57. The molecule has 5 nitrogen and oxygen atoms in total. The summed E-state index contributed by atoms with van der Waals surface area (Å²) in [7, 11) is 3.93. The molecule has 0 aliphatic carbocycles. The van der Waals surface area contributed by atoms with Crippen LogP contribution in [-0.2, 0) is 18.2 Å². The van der Waals surface area contributed by atoms with E-state index in [4.69, 9.17) is 22.1 Å². The molecule has 102 valence electrons. The van der Waals surface area contributed by atoms with Crippen LogP contribution in [0.1, 0.15) is 11.3 Å². The summed E-state index contributed by atoms with van der Waals surface area (Å²) in [6, 6.07) is -0.0480. The lowest BCUT2D eigenvalue weighted by Crippen LogP contribution is -2.50. The Labute approximate surface area is 113 Å². The summed E-state index contributed by atoms with van der Waals surface area (Å²) in [4.78, 5) is 2.24. The fourth-order valence-electron chi connectivity index (χ4n) is 2.34. The molecule has 18 heavy (non-hydrogen) atoms. The topological polar surface area (TPSA) is 56.3 Å². The first-order valence-electron chi connectivity index (χ1n) is 6.22. The summed E-state index contributed by atoms with van der Waals surface area (Å²) in [5.74, 6) is 0. The highest BCUT2D eigenvalue weighted by Crippen LogP contribution is 2.21. The molecule has 2 N–H and O–H groups in total. The van der Waals surface area contributed by atoms with Gasteiger partial charge in [0.05, 0.1) is 18.4 Å². The normalized spacial score (nSPS) is 23.3. The second-order valence-corrected chi connectivity index (χ2v) is 5.38. The highest BCUT2D eigenvalue weighted by Gasteiger charge is 2.26. The monoisotopic (exact) mass is 272 g/mol. The first-order chi connectivity index (χ1) is 8.49. The lowest BCUT2D eigenvalue weighted by atomic mass is 10.0. The van der Waals surface area contributed by atoms with Crippen molar-refractivity contribution >= 4 is 11.6 Å². The maximum Gasteiger partial charge on any atom is 0.130 e. The van der Waals surface area contributed by atoms with E-state index in [2.05, 4.69) is 17.0 Å². The average molecular weight is 273 g/mol. The molecule has 6 heteroatoms. The largest absolute Gasteiger partial charge is 0.374 e. The number of nitrogens with zero attached hydrogens (tertiary/aromatic N) is 3. The van der Waals surface area contributed by atoms with Crippen LogP contribution >= 0.6 is 11.6 Å². The molecular formula is C12H21ClN4O. The fourth-order valence-corrected chi connectivity index (χ4v) is 2.59. The molecule has 2 atom stereocenters. The van der Waals surface area contributed by atoms with Crippen LogP contribution in [0, 0.1) is 6.92 Å². The zero-order chi connectivity index (χ0) is 13.3. The number of aromatic nitrogens is 2. The summed E-state index contributed by atoms with van der Waals surface area (Å²) in [5, 5.41) is 4.97. The van der Waals surface area contributed by atoms with Gasteiger partial charge in [-0.25, -0.2) is 0 Å². The summed E-state index contributed by atoms with van der Waals surface area (Å²) in [6.45, 7) is 4.55. The Hall–Kier alpha value is -0.620. The molecule has 1 fully saturated rings. The third-order valence-corrected chi connectivity index (χ3v) is 3.96. The molecule has 0 saturated carbocycles. The van der Waals surface area contributed by atoms with E-state index in [1.807, 2.05) is 14.0 Å². The van der Waals surface area contributed by atoms with E-state index in [9.17, 15) is 0 Å². The Morgan fingerprint density at radius 2 is 2.28 bits per heavy atom. The van der Waals surface area contributed by atoms with E-state index in [0.717, 1.165) is 31.0 Å². The summed E-state index contributed by atoms with van der Waals surface area (Å²) in [6.07, 6.45) is 0.774. The van der Waals surface area contributed by atoms with Gasteiger partial charge < -0.3 is 15.4 Å². The molecular weight excluding hydrogens is 252 g/mol. The lowest BCUT2D eigenvalue weighted by molar-refractivity contribution is -0.0319. The van der Waals surface area contributed by atoms with Gasteiger partial charge >= 0.3 is 0 Å². The van der Waals surface area contributed by atoms with Gasteiger partial charge in [0.25, 0.3) is 0 Å². The molecule has 0 amide bonds. The molecule has 0 radical (unpaired) electrons. The molecule has 0 spiro atoms. The number of aryl methyl sites for hydroxylation is 2. The number of morpholine rings is 1. The Morgan fingerprint density at radius 3 is 2.83 bits per heavy atom. The van der Waals surface area contributed by atoms with Gasteiger partial charge in [0.15, 0.2) is 0 Å². The van der Waals surface area contributed by atoms with Crippen molar-refractivity contribution in [2.75, 3.05) is 26.7 Å². The SMILES string of the molecule is Cc1nn(C)c(Cl)c1CC(N)C1CN(C)CCO1. The number of ether oxygens (including phenoxy) is 1. The molecule has 1 aromatic heterocycles. The van der Waals surface area contributed by atoms with Gasteiger partial charge in [0, 0.05) is 31.7 Å². The number of likely N-dealkylation sites (N-methyl/N-ethyl adjacent to an activating group) is 1. The van der Waals surface area contributed by atoms with Crippen molar-refractivity contribution in [1.82, 2.24) is 14.7 Å². The molecule has 0 aromatic carbocycles. The fraction of sp³-hybridized carbons (Fsp3) is 0.750. The summed E-state index contributed by atoms with van der Waals surface area (Å²) >= 11 is 6.22. The zero-order valence-corrected chi connectivity index (χ0v) is 11.9. The summed E-state index contributed by atoms with van der Waals surface area (Å²) in [5.41, 5.74) is 8.22. The minimum atomic E-state index is -0.0480. The van der Waals surface area contributed by atoms with Crippen molar-refractivity contribution in [2.45, 2.75) is 25.5 Å². The van der Waals surface area contributed by atoms with Crippen molar-refractivity contribution in [1.29, 1.82) is 0 Å². The first-order valence-corrected chi connectivity index (χ1v) is 6.60. The van der Waals surface area contributed by atoms with Crippen LogP contribution in [0.5, 0.6) is 0 Å². The van der Waals surface area contributed by atoms with Gasteiger partial charge in [-0.2, -0.15) is 5.10 Å². The van der Waals surface area contributed by atoms with Crippen LogP contribution in [-0.4, -0.2) is 53.6 Å². The van der Waals surface area contributed by atoms with Crippen molar-refractivity contribution in [3.8, 4) is 0 Å². The smallest absolute Gasteiger partial charge is 0.130 e. The number of rotatable bonds is 3. The van der Waals surface area contributed by atoms with Gasteiger partial charge in [-0.15, -0.1) is 0 Å². The Kier molecular flexibility index (Phi) is 4.27. The Bertz CT molecular complexity index is 420. The minimum absolute atomic E-state index is 0.0480. The van der Waals surface area contributed by atoms with Gasteiger partial charge in [0.2, 0.25) is 0 Å². The highest BCUT2D eigenvalue weighted by atomic mass is 35.5. The van der Waals surface area contributed by atoms with Crippen molar-refractivity contribution in [3.05, 3.63) is 16.4 Å². The van der Waals surface area contributed by atoms with Crippen LogP contribution in [0.4, 0.5) is 0 Å². The van der Waals surface area contributed by atoms with Gasteiger partial charge in [0.1, 0.15) is 5.15 Å². The van der Waals surface area contributed by atoms with Crippen LogP contribution in [0.2, 0.25) is 5.15 Å². The maximum absolute atomic E-state index is 6.24. The molecule has 1 aliphatic rings. The minimum Gasteiger partial charge on any atom is -0.374 e. The van der Waals surface area contributed by atoms with Crippen molar-refractivity contribution in [2.24, 2.45) is 12.8 Å². The van der Waals surface area contributed by atoms with E-state index in [-0.39, 0.29) is 12.1 Å². The lowest BCUT2D eigenvalue weighted by Gasteiger charge is -2.33. The third-order valence-electron chi connectivity index (χ3n) is 3.48. The average Bonchev–Trinajstić information content (AvgIpc) is 2.56. The molecule has 1 aliphatic heterocycles. The van der Waals surface area contributed by atoms with E-state index < -0.39 is 0 Å². The van der Waals surface area contributed by atoms with Crippen LogP contribution in [0.15, 0.2) is 0 Å². The molecule has 1 saturated heterocycles. The second-order valence-electron chi connectivity index (χ2n) is 5.02. The van der Waals surface area contributed by atoms with Gasteiger partial charge in [-0.05, 0) is 20.4 Å². The Balaban J connectivity index is 2.04. The predicted molar refractivity (Wildman–Crippen MR) is 71.9 cm³/mol. The van der Waals surface area contributed by atoms with Crippen molar-refractivity contribution < 1.29 is 4.74 Å². The van der Waals surface area contributed by atoms with E-state index in [0.29, 0.717) is 11.6 Å². The molecule has 0 bridgehead atoms. The molecule has 1 aromatic rings. The summed E-state index contributed by atoms with van der Waals surface area (Å²) < 4.78 is 7.42. The van der Waals surface area contributed by atoms with Crippen LogP contribution < -0.4 is 5.73 Å². The highest BCUT2D eigenvalue weighted by molar-refractivity contribution is 6.30. The zero-order valence-electron chi connectivity index (χ0n) is 11.2. The third kappa shape index (κ3) is 2.85. The predicted octanol–water partition coefficient (Wildman–Crippen LogP) is 0.582. The van der Waals surface area contributed by atoms with Crippen molar-refractivity contribution in [3.63, 3.8) is 0 Å². The molecule has 2 heterocycles. The molecule has 2 unspecified atom stereocenters. The van der Waals surface area contributed by atoms with Gasteiger partial charge in [-0.3, -0.25) is 4.68 Å². The number of hydrogen-bond acceptors (Lipinski definition) is 4. The quantitative estimate of drug-likeness (QED) is 0.875. The standard InChI is InChI=1S/C12H21ClN4O/c1-8-9(12(13)17(3)15-8)6-10(14)11-7-16(2)4-5-18-11/h10-11H,4-7,14H2,1-3H3. The van der Waals surface area contributed by atoms with E-state index >= 15 is 0 Å². The molecule has 2 rings (SSSR count). The Morgan fingerprint density at radius 1 is 1.56 bits per heavy atom. The number of halogens is 1. The van der Waals surface area contributed by atoms with Crippen LogP contribution in [0.25, 0.3) is 0 Å². The van der Waals surface area contributed by atoms with E-state index in [1.54, 1.807) is 4.68 Å². The number of nitrogens with two attached hydrogens (primary N) is 1. The first kappa shape index (κ1) is 13.8. The number of hydrogen-bond donors (Lipinski definition) is 1.